The molecule has 0 spiro atoms. The second kappa shape index (κ2) is 23.9. The second-order valence-corrected chi connectivity index (χ2v) is 12.6. The van der Waals surface area contributed by atoms with E-state index in [1.54, 1.807) is 24.2 Å². The minimum absolute atomic E-state index is 0. The van der Waals surface area contributed by atoms with Crippen molar-refractivity contribution < 1.29 is 100 Å². The zero-order valence-electron chi connectivity index (χ0n) is 24.5. The summed E-state index contributed by atoms with van der Waals surface area (Å²) in [5.74, 6) is 3.89. The maximum absolute atomic E-state index is 3.30. The Kier molecular flexibility index (Phi) is 25.5. The molecule has 2 saturated carbocycles. The fraction of sp³-hybridized carbons (Fsp3) is 0.486. The molecule has 2 atom stereocenters. The molecule has 2 unspecified atom stereocenters. The van der Waals surface area contributed by atoms with Crippen molar-refractivity contribution in [3.8, 4) is 11.1 Å². The van der Waals surface area contributed by atoms with E-state index in [1.165, 1.54) is 86.5 Å². The molecule has 3 aliphatic carbocycles. The molecule has 0 heterocycles. The predicted octanol–water partition coefficient (Wildman–Crippen LogP) is -2.38. The molecule has 41 heavy (non-hydrogen) atoms. The number of fused-ring (bicyclic) bond motifs is 3. The van der Waals surface area contributed by atoms with Crippen molar-refractivity contribution in [1.82, 2.24) is 0 Å². The molecule has 0 saturated heterocycles. The van der Waals surface area contributed by atoms with Gasteiger partial charge in [-0.15, -0.1) is 5.56 Å². The Bertz CT molecular complexity index is 971. The van der Waals surface area contributed by atoms with Crippen molar-refractivity contribution in [2.75, 3.05) is 0 Å². The van der Waals surface area contributed by atoms with Crippen molar-refractivity contribution in [2.24, 2.45) is 23.7 Å². The van der Waals surface area contributed by atoms with E-state index in [9.17, 15) is 0 Å². The standard InChI is InChI=1S/C17H30.C13H9.C5H5.4ClH.2Zr/c1-14(16-9-5-3-6-10-16)13-15(2)17-11-7-4-8-12-17;1-3-7-12-10(5-1)9-11-6-2-4-8-13(11)12;1-2-4-5-3-1;;;;;;/h14-17H,3-12H2,1-2H3;1-5,7-8H,9H2;1-5H;4*1H;;/q;2*-1;;;;;+2;+4/p-4. The molecular weight excluding hydrogens is 745 g/mol. The van der Waals surface area contributed by atoms with Crippen LogP contribution in [0.25, 0.3) is 11.1 Å². The molecule has 0 bridgehead atoms. The monoisotopic (exact) mass is 784 g/mol. The number of rotatable bonds is 4. The van der Waals surface area contributed by atoms with Crippen LogP contribution in [-0.2, 0) is 56.9 Å². The van der Waals surface area contributed by atoms with E-state index in [4.69, 9.17) is 0 Å². The largest absolute Gasteiger partial charge is 4.00 e. The summed E-state index contributed by atoms with van der Waals surface area (Å²) in [6.45, 7) is 5.08. The Labute approximate surface area is 309 Å². The van der Waals surface area contributed by atoms with Gasteiger partial charge >= 0.3 is 155 Å². The van der Waals surface area contributed by atoms with Gasteiger partial charge in [0, 0.05) is 0 Å². The van der Waals surface area contributed by atoms with Gasteiger partial charge < -0.3 is 49.6 Å². The first kappa shape index (κ1) is 43.7. The molecule has 0 nitrogen and oxygen atoms in total. The van der Waals surface area contributed by atoms with E-state index in [2.05, 4.69) is 56.3 Å². The Morgan fingerprint density at radius 2 is 1.20 bits per heavy atom. The zero-order valence-corrected chi connectivity index (χ0v) is 32.5. The summed E-state index contributed by atoms with van der Waals surface area (Å²) in [6, 6.07) is 28.1. The van der Waals surface area contributed by atoms with Gasteiger partial charge in [0.1, 0.15) is 0 Å². The minimum Gasteiger partial charge on any atom is -1.00 e. The third-order valence-corrected chi connectivity index (χ3v) is 11.1. The molecule has 2 fully saturated rings. The van der Waals surface area contributed by atoms with Crippen LogP contribution in [0.15, 0.2) is 72.8 Å². The van der Waals surface area contributed by atoms with Gasteiger partial charge in [0.05, 0.1) is 0 Å². The first-order valence-corrected chi connectivity index (χ1v) is 15.7. The van der Waals surface area contributed by atoms with Gasteiger partial charge in [-0.1, -0.05) is 35.4 Å². The normalized spacial score (nSPS) is 16.7. The summed E-state index contributed by atoms with van der Waals surface area (Å²) in [4.78, 5) is 0. The number of hydrogen-bond donors (Lipinski definition) is 0. The van der Waals surface area contributed by atoms with E-state index in [1.807, 2.05) is 39.6 Å². The first-order chi connectivity index (χ1) is 17.6. The van der Waals surface area contributed by atoms with Gasteiger partial charge in [0.15, 0.2) is 0 Å². The average molecular weight is 789 g/mol. The number of benzene rings is 2. The van der Waals surface area contributed by atoms with Crippen LogP contribution in [0.2, 0.25) is 0 Å². The summed E-state index contributed by atoms with van der Waals surface area (Å²) in [5, 5.41) is 0. The summed E-state index contributed by atoms with van der Waals surface area (Å²) >= 11 is 1.74. The Morgan fingerprint density at radius 3 is 1.68 bits per heavy atom. The van der Waals surface area contributed by atoms with Crippen molar-refractivity contribution >= 4 is 3.21 Å². The Balaban J connectivity index is 0. The predicted molar refractivity (Wildman–Crippen MR) is 152 cm³/mol. The van der Waals surface area contributed by atoms with Crippen LogP contribution >= 0.6 is 0 Å². The quantitative estimate of drug-likeness (QED) is 0.203. The molecule has 0 aliphatic heterocycles. The van der Waals surface area contributed by atoms with E-state index in [0.29, 0.717) is 0 Å². The molecule has 220 valence electrons. The van der Waals surface area contributed by atoms with E-state index >= 15 is 0 Å². The summed E-state index contributed by atoms with van der Waals surface area (Å²) in [6.07, 6.45) is 16.1. The van der Waals surface area contributed by atoms with Crippen LogP contribution in [0.4, 0.5) is 0 Å². The average Bonchev–Trinajstić information content (AvgIpc) is 3.65. The van der Waals surface area contributed by atoms with Gasteiger partial charge in [-0.2, -0.15) is 48.0 Å². The molecule has 6 rings (SSSR count). The molecule has 6 heteroatoms. The van der Waals surface area contributed by atoms with Crippen molar-refractivity contribution in [2.45, 2.75) is 84.5 Å². The van der Waals surface area contributed by atoms with Crippen LogP contribution < -0.4 is 49.6 Å². The molecule has 0 amide bonds. The Hall–Kier alpha value is 0.586. The number of halogens is 4. The van der Waals surface area contributed by atoms with Crippen LogP contribution in [0, 0.1) is 29.7 Å². The minimum atomic E-state index is 0. The van der Waals surface area contributed by atoms with Gasteiger partial charge in [-0.3, -0.25) is 0 Å². The molecule has 3 aliphatic rings. The third-order valence-electron chi connectivity index (χ3n) is 8.87. The van der Waals surface area contributed by atoms with E-state index in [0.717, 1.165) is 30.1 Å². The van der Waals surface area contributed by atoms with Gasteiger partial charge in [0.2, 0.25) is 0 Å². The smallest absolute Gasteiger partial charge is 1.00 e. The van der Waals surface area contributed by atoms with Crippen LogP contribution in [0.1, 0.15) is 89.2 Å². The van der Waals surface area contributed by atoms with Crippen LogP contribution in [-0.4, -0.2) is 3.21 Å². The SMILES string of the molecule is CC([C](=[Zr+2])C(C)C1CCCCC1)C1CCCCC1.[Cl-].[Cl-].[Cl-].[Cl-].[Zr+4].[c-]1cccc2c1Cc1ccccc1-2.c1cc[cH-]c1. The summed E-state index contributed by atoms with van der Waals surface area (Å²) < 4.78 is 1.92. The van der Waals surface area contributed by atoms with Gasteiger partial charge in [0.25, 0.3) is 0 Å². The zero-order chi connectivity index (χ0) is 25.2. The fourth-order valence-corrected chi connectivity index (χ4v) is 7.67. The van der Waals surface area contributed by atoms with E-state index in [-0.39, 0.29) is 75.8 Å². The second-order valence-electron chi connectivity index (χ2n) is 11.2. The maximum atomic E-state index is 3.30. The third kappa shape index (κ3) is 13.2. The molecule has 0 radical (unpaired) electrons. The van der Waals surface area contributed by atoms with Gasteiger partial charge in [-0.05, 0) is 6.42 Å². The molecule has 3 aromatic rings. The summed E-state index contributed by atoms with van der Waals surface area (Å²) in [5.41, 5.74) is 5.51. The van der Waals surface area contributed by atoms with Crippen molar-refractivity contribution in [3.05, 3.63) is 90.0 Å². The molecule has 0 aromatic heterocycles. The van der Waals surface area contributed by atoms with E-state index < -0.39 is 0 Å². The first-order valence-electron chi connectivity index (χ1n) is 14.5. The summed E-state index contributed by atoms with van der Waals surface area (Å²) in [7, 11) is 0. The van der Waals surface area contributed by atoms with Crippen molar-refractivity contribution in [3.63, 3.8) is 0 Å². The molecule has 3 aromatic carbocycles. The topological polar surface area (TPSA) is 0 Å². The fourth-order valence-electron chi connectivity index (χ4n) is 6.51. The Morgan fingerprint density at radius 1 is 0.707 bits per heavy atom. The molecular formula is C35H44Cl4Zr2. The molecule has 0 N–H and O–H groups in total. The van der Waals surface area contributed by atoms with Crippen LogP contribution in [0.5, 0.6) is 0 Å². The van der Waals surface area contributed by atoms with Crippen LogP contribution in [0.3, 0.4) is 0 Å². The van der Waals surface area contributed by atoms with Crippen molar-refractivity contribution in [1.29, 1.82) is 0 Å². The van der Waals surface area contributed by atoms with Gasteiger partial charge in [-0.25, -0.2) is 12.1 Å². The number of hydrogen-bond acceptors (Lipinski definition) is 0. The maximum Gasteiger partial charge on any atom is 4.00 e.